The van der Waals surface area contributed by atoms with Crippen LogP contribution in [0.3, 0.4) is 0 Å². The van der Waals surface area contributed by atoms with Gasteiger partial charge in [0.05, 0.1) is 5.41 Å². The molecule has 0 saturated carbocycles. The van der Waals surface area contributed by atoms with Gasteiger partial charge in [0.25, 0.3) is 10.2 Å². The topological polar surface area (TPSA) is 77.9 Å². The third kappa shape index (κ3) is 2.26. The number of aliphatic carboxylic acids is 1. The van der Waals surface area contributed by atoms with Gasteiger partial charge in [-0.05, 0) is 25.7 Å². The molecule has 2 rings (SSSR count). The van der Waals surface area contributed by atoms with E-state index in [1.165, 1.54) is 8.61 Å². The Hall–Kier alpha value is -0.660. The van der Waals surface area contributed by atoms with E-state index in [9.17, 15) is 13.2 Å². The van der Waals surface area contributed by atoms with Crippen LogP contribution in [0.25, 0.3) is 0 Å². The lowest BCUT2D eigenvalue weighted by Gasteiger charge is -2.25. The number of rotatable bonds is 3. The Bertz CT molecular complexity index is 450. The molecule has 0 aromatic carbocycles. The molecule has 7 heteroatoms. The fourth-order valence-electron chi connectivity index (χ4n) is 2.56. The summed E-state index contributed by atoms with van der Waals surface area (Å²) in [6.45, 7) is 5.11. The molecule has 0 aromatic heterocycles. The van der Waals surface area contributed by atoms with Gasteiger partial charge < -0.3 is 5.11 Å². The molecule has 2 aliphatic heterocycles. The number of hydrogen-bond acceptors (Lipinski definition) is 3. The predicted octanol–water partition coefficient (Wildman–Crippen LogP) is 0.370. The molecule has 2 fully saturated rings. The summed E-state index contributed by atoms with van der Waals surface area (Å²) >= 11 is 0. The van der Waals surface area contributed by atoms with Gasteiger partial charge in [0.15, 0.2) is 0 Å². The fourth-order valence-corrected chi connectivity index (χ4v) is 4.43. The Morgan fingerprint density at radius 1 is 1.33 bits per heavy atom. The highest BCUT2D eigenvalue weighted by molar-refractivity contribution is 7.86. The third-order valence-corrected chi connectivity index (χ3v) is 5.94. The average Bonchev–Trinajstić information content (AvgIpc) is 2.86. The zero-order valence-electron chi connectivity index (χ0n) is 10.8. The SMILES string of the molecule is CC1CCN(S(=O)(=O)N2CCC(C)(C(=O)O)C2)C1. The minimum absolute atomic E-state index is 0.0789. The normalized spacial score (nSPS) is 35.1. The van der Waals surface area contributed by atoms with Crippen molar-refractivity contribution in [1.29, 1.82) is 0 Å². The van der Waals surface area contributed by atoms with Gasteiger partial charge in [0.2, 0.25) is 0 Å². The lowest BCUT2D eigenvalue weighted by molar-refractivity contribution is -0.146. The van der Waals surface area contributed by atoms with Crippen LogP contribution in [0, 0.1) is 11.3 Å². The highest BCUT2D eigenvalue weighted by atomic mass is 32.2. The maximum atomic E-state index is 12.3. The van der Waals surface area contributed by atoms with Crippen molar-refractivity contribution in [2.75, 3.05) is 26.2 Å². The zero-order chi connectivity index (χ0) is 13.6. The summed E-state index contributed by atoms with van der Waals surface area (Å²) in [5, 5.41) is 9.13. The maximum Gasteiger partial charge on any atom is 0.310 e. The quantitative estimate of drug-likeness (QED) is 0.808. The zero-order valence-corrected chi connectivity index (χ0v) is 11.6. The number of carboxylic acids is 1. The van der Waals surface area contributed by atoms with Gasteiger partial charge in [-0.2, -0.15) is 17.0 Å². The van der Waals surface area contributed by atoms with Gasteiger partial charge >= 0.3 is 5.97 Å². The van der Waals surface area contributed by atoms with Crippen LogP contribution >= 0.6 is 0 Å². The van der Waals surface area contributed by atoms with Crippen molar-refractivity contribution in [2.24, 2.45) is 11.3 Å². The van der Waals surface area contributed by atoms with Crippen LogP contribution in [0.1, 0.15) is 26.7 Å². The Balaban J connectivity index is 2.11. The van der Waals surface area contributed by atoms with Gasteiger partial charge in [-0.25, -0.2) is 0 Å². The van der Waals surface area contributed by atoms with Crippen LogP contribution in [-0.2, 0) is 15.0 Å². The van der Waals surface area contributed by atoms with Crippen LogP contribution in [0.2, 0.25) is 0 Å². The molecule has 2 heterocycles. The Kier molecular flexibility index (Phi) is 3.42. The molecule has 2 saturated heterocycles. The van der Waals surface area contributed by atoms with Gasteiger partial charge in [-0.15, -0.1) is 0 Å². The molecule has 0 aromatic rings. The molecular weight excluding hydrogens is 256 g/mol. The van der Waals surface area contributed by atoms with Crippen LogP contribution in [0.5, 0.6) is 0 Å². The molecule has 0 radical (unpaired) electrons. The highest BCUT2D eigenvalue weighted by Crippen LogP contribution is 2.33. The number of hydrogen-bond donors (Lipinski definition) is 1. The van der Waals surface area contributed by atoms with Crippen LogP contribution in [-0.4, -0.2) is 54.3 Å². The molecule has 18 heavy (non-hydrogen) atoms. The van der Waals surface area contributed by atoms with E-state index in [1.54, 1.807) is 6.92 Å². The van der Waals surface area contributed by atoms with Gasteiger partial charge in [0.1, 0.15) is 0 Å². The summed E-state index contributed by atoms with van der Waals surface area (Å²) in [7, 11) is -3.47. The second-order valence-corrected chi connectivity index (χ2v) is 7.64. The van der Waals surface area contributed by atoms with Crippen molar-refractivity contribution in [3.8, 4) is 0 Å². The van der Waals surface area contributed by atoms with Crippen molar-refractivity contribution in [3.05, 3.63) is 0 Å². The summed E-state index contributed by atoms with van der Waals surface area (Å²) in [5.41, 5.74) is -0.946. The second kappa shape index (κ2) is 4.47. The third-order valence-electron chi connectivity index (χ3n) is 3.99. The van der Waals surface area contributed by atoms with E-state index < -0.39 is 21.6 Å². The van der Waals surface area contributed by atoms with E-state index in [0.717, 1.165) is 6.42 Å². The van der Waals surface area contributed by atoms with Crippen molar-refractivity contribution < 1.29 is 18.3 Å². The Labute approximate surface area is 108 Å². The van der Waals surface area contributed by atoms with Crippen LogP contribution < -0.4 is 0 Å². The lowest BCUT2D eigenvalue weighted by Crippen LogP contribution is -2.43. The molecule has 0 aliphatic carbocycles. The molecule has 6 nitrogen and oxygen atoms in total. The molecule has 0 bridgehead atoms. The van der Waals surface area contributed by atoms with E-state index in [-0.39, 0.29) is 6.54 Å². The molecule has 2 atom stereocenters. The lowest BCUT2D eigenvalue weighted by atomic mass is 9.90. The monoisotopic (exact) mass is 276 g/mol. The van der Waals surface area contributed by atoms with E-state index in [2.05, 4.69) is 0 Å². The summed E-state index contributed by atoms with van der Waals surface area (Å²) in [5.74, 6) is -0.539. The Morgan fingerprint density at radius 2 is 2.00 bits per heavy atom. The van der Waals surface area contributed by atoms with Gasteiger partial charge in [-0.3, -0.25) is 4.79 Å². The first-order valence-electron chi connectivity index (χ1n) is 6.24. The number of carboxylic acid groups (broad SMARTS) is 1. The van der Waals surface area contributed by atoms with Crippen molar-refractivity contribution >= 4 is 16.2 Å². The minimum Gasteiger partial charge on any atom is -0.481 e. The molecule has 2 aliphatic rings. The van der Waals surface area contributed by atoms with Crippen molar-refractivity contribution in [3.63, 3.8) is 0 Å². The molecule has 1 N–H and O–H groups in total. The first-order chi connectivity index (χ1) is 8.25. The Morgan fingerprint density at radius 3 is 2.44 bits per heavy atom. The average molecular weight is 276 g/mol. The van der Waals surface area contributed by atoms with Gasteiger partial charge in [-0.1, -0.05) is 6.92 Å². The van der Waals surface area contributed by atoms with E-state index in [4.69, 9.17) is 5.11 Å². The minimum atomic E-state index is -3.47. The standard InChI is InChI=1S/C11H20N2O4S/c1-9-3-5-12(7-9)18(16,17)13-6-4-11(2,8-13)10(14)15/h9H,3-8H2,1-2H3,(H,14,15). The maximum absolute atomic E-state index is 12.3. The smallest absolute Gasteiger partial charge is 0.310 e. The molecule has 0 amide bonds. The van der Waals surface area contributed by atoms with Crippen molar-refractivity contribution in [2.45, 2.75) is 26.7 Å². The molecule has 2 unspecified atom stereocenters. The molecular formula is C11H20N2O4S. The van der Waals surface area contributed by atoms with E-state index >= 15 is 0 Å². The highest BCUT2D eigenvalue weighted by Gasteiger charge is 2.46. The largest absolute Gasteiger partial charge is 0.481 e. The van der Waals surface area contributed by atoms with Crippen LogP contribution in [0.4, 0.5) is 0 Å². The van der Waals surface area contributed by atoms with E-state index in [1.807, 2.05) is 6.92 Å². The molecule has 0 spiro atoms. The second-order valence-electron chi connectivity index (χ2n) is 5.71. The summed E-state index contributed by atoms with van der Waals surface area (Å²) < 4.78 is 27.5. The van der Waals surface area contributed by atoms with E-state index in [0.29, 0.717) is 32.0 Å². The van der Waals surface area contributed by atoms with Crippen molar-refractivity contribution in [1.82, 2.24) is 8.61 Å². The first-order valence-corrected chi connectivity index (χ1v) is 7.64. The summed E-state index contributed by atoms with van der Waals surface area (Å²) in [6.07, 6.45) is 1.26. The predicted molar refractivity (Wildman–Crippen MR) is 66.2 cm³/mol. The summed E-state index contributed by atoms with van der Waals surface area (Å²) in [6, 6.07) is 0. The van der Waals surface area contributed by atoms with Crippen LogP contribution in [0.15, 0.2) is 0 Å². The first kappa shape index (κ1) is 13.8. The summed E-state index contributed by atoms with van der Waals surface area (Å²) in [4.78, 5) is 11.1. The van der Waals surface area contributed by atoms with Gasteiger partial charge in [0, 0.05) is 26.2 Å². The number of carbonyl (C=O) groups is 1. The molecule has 104 valence electrons. The fraction of sp³-hybridized carbons (Fsp3) is 0.909. The number of nitrogens with zero attached hydrogens (tertiary/aromatic N) is 2.